The van der Waals surface area contributed by atoms with Crippen molar-refractivity contribution in [2.75, 3.05) is 0 Å². The molecule has 0 aliphatic heterocycles. The van der Waals surface area contributed by atoms with Gasteiger partial charge >= 0.3 is 0 Å². The quantitative estimate of drug-likeness (QED) is 0.685. The SMILES string of the molecule is Cc1ccccc1.NC(=O)c1nc2cncnc2[nH]c1=O. The molecule has 0 fully saturated rings. The number of fused-ring (bicyclic) bond motifs is 1. The molecule has 3 aromatic rings. The first-order valence-electron chi connectivity index (χ1n) is 6.09. The molecule has 0 aliphatic rings. The lowest BCUT2D eigenvalue weighted by Crippen LogP contribution is -2.25. The summed E-state index contributed by atoms with van der Waals surface area (Å²) in [6.07, 6.45) is 2.65. The minimum atomic E-state index is -0.878. The molecule has 0 saturated carbocycles. The number of primary amides is 1. The van der Waals surface area contributed by atoms with Gasteiger partial charge in [-0.3, -0.25) is 9.59 Å². The first-order chi connectivity index (χ1) is 10.1. The predicted molar refractivity (Wildman–Crippen MR) is 77.7 cm³/mol. The van der Waals surface area contributed by atoms with Crippen molar-refractivity contribution in [3.63, 3.8) is 0 Å². The Kier molecular flexibility index (Phi) is 4.35. The standard InChI is InChI=1S/C7H5N5O2.C7H8/c8-5(13)4-7(14)12-6-3(11-4)1-9-2-10-6;1-7-5-3-2-4-6-7/h1-2H,(H2,8,13)(H,9,10,12,14);2-6H,1H3. The number of amides is 1. The van der Waals surface area contributed by atoms with Crippen LogP contribution in [-0.4, -0.2) is 25.8 Å². The molecule has 0 atom stereocenters. The molecule has 2 aromatic heterocycles. The summed E-state index contributed by atoms with van der Waals surface area (Å²) in [6.45, 7) is 2.08. The molecule has 7 heteroatoms. The van der Waals surface area contributed by atoms with Gasteiger partial charge in [0.25, 0.3) is 11.5 Å². The lowest BCUT2D eigenvalue weighted by Gasteiger charge is -1.96. The van der Waals surface area contributed by atoms with Crippen LogP contribution < -0.4 is 11.3 Å². The maximum atomic E-state index is 11.2. The van der Waals surface area contributed by atoms with E-state index in [-0.39, 0.29) is 11.3 Å². The van der Waals surface area contributed by atoms with Crippen LogP contribution in [0.25, 0.3) is 11.2 Å². The number of aryl methyl sites for hydroxylation is 1. The second-order valence-corrected chi connectivity index (χ2v) is 4.19. The molecule has 1 amide bonds. The molecule has 3 rings (SSSR count). The topological polar surface area (TPSA) is 115 Å². The Bertz CT molecular complexity index is 814. The van der Waals surface area contributed by atoms with E-state index in [1.54, 1.807) is 0 Å². The van der Waals surface area contributed by atoms with Gasteiger partial charge in [-0.2, -0.15) is 0 Å². The summed E-state index contributed by atoms with van der Waals surface area (Å²) in [6, 6.07) is 10.3. The van der Waals surface area contributed by atoms with Crippen molar-refractivity contribution in [3.8, 4) is 0 Å². The molecule has 0 radical (unpaired) electrons. The highest BCUT2D eigenvalue weighted by Gasteiger charge is 2.09. The number of hydrogen-bond acceptors (Lipinski definition) is 5. The molecular weight excluding hydrogens is 270 g/mol. The highest BCUT2D eigenvalue weighted by Crippen LogP contribution is 1.99. The van der Waals surface area contributed by atoms with E-state index in [2.05, 4.69) is 39.0 Å². The minimum absolute atomic E-state index is 0.273. The van der Waals surface area contributed by atoms with E-state index < -0.39 is 11.5 Å². The van der Waals surface area contributed by atoms with Crippen molar-refractivity contribution in [1.82, 2.24) is 19.9 Å². The highest BCUT2D eigenvalue weighted by molar-refractivity contribution is 5.91. The first kappa shape index (κ1) is 14.3. The Labute approximate surface area is 119 Å². The van der Waals surface area contributed by atoms with E-state index in [1.165, 1.54) is 18.1 Å². The van der Waals surface area contributed by atoms with Gasteiger partial charge in [-0.25, -0.2) is 15.0 Å². The predicted octanol–water partition coefficient (Wildman–Crippen LogP) is 0.807. The number of aromatic nitrogens is 4. The van der Waals surface area contributed by atoms with E-state index in [0.29, 0.717) is 5.52 Å². The third-order valence-electron chi connectivity index (χ3n) is 2.55. The number of carbonyl (C=O) groups is 1. The number of nitrogens with one attached hydrogen (secondary N) is 1. The van der Waals surface area contributed by atoms with Gasteiger partial charge in [-0.1, -0.05) is 35.9 Å². The van der Waals surface area contributed by atoms with Gasteiger partial charge in [0.05, 0.1) is 6.20 Å². The van der Waals surface area contributed by atoms with E-state index >= 15 is 0 Å². The van der Waals surface area contributed by atoms with Gasteiger partial charge in [0.1, 0.15) is 11.8 Å². The van der Waals surface area contributed by atoms with Crippen molar-refractivity contribution in [3.05, 3.63) is 64.5 Å². The van der Waals surface area contributed by atoms with Crippen LogP contribution in [0.3, 0.4) is 0 Å². The summed E-state index contributed by atoms with van der Waals surface area (Å²) in [7, 11) is 0. The van der Waals surface area contributed by atoms with Crippen LogP contribution in [0.15, 0.2) is 47.7 Å². The van der Waals surface area contributed by atoms with Gasteiger partial charge in [-0.05, 0) is 6.92 Å². The molecule has 106 valence electrons. The number of aromatic amines is 1. The van der Waals surface area contributed by atoms with Crippen LogP contribution in [0.1, 0.15) is 16.1 Å². The molecule has 0 unspecified atom stereocenters. The van der Waals surface area contributed by atoms with Crippen molar-refractivity contribution in [2.45, 2.75) is 6.92 Å². The lowest BCUT2D eigenvalue weighted by molar-refractivity contribution is 0.0994. The minimum Gasteiger partial charge on any atom is -0.364 e. The third-order valence-corrected chi connectivity index (χ3v) is 2.55. The average molecular weight is 283 g/mol. The van der Waals surface area contributed by atoms with Gasteiger partial charge in [-0.15, -0.1) is 0 Å². The normalized spacial score (nSPS) is 9.76. The molecule has 2 heterocycles. The van der Waals surface area contributed by atoms with E-state index in [9.17, 15) is 9.59 Å². The molecule has 0 saturated heterocycles. The van der Waals surface area contributed by atoms with Crippen LogP contribution in [0.2, 0.25) is 0 Å². The summed E-state index contributed by atoms with van der Waals surface area (Å²) in [5, 5.41) is 0. The van der Waals surface area contributed by atoms with Crippen LogP contribution in [-0.2, 0) is 0 Å². The Morgan fingerprint density at radius 2 is 1.95 bits per heavy atom. The van der Waals surface area contributed by atoms with Crippen molar-refractivity contribution in [2.24, 2.45) is 5.73 Å². The summed E-state index contributed by atoms with van der Waals surface area (Å²) < 4.78 is 0. The molecule has 21 heavy (non-hydrogen) atoms. The number of rotatable bonds is 1. The first-order valence-corrected chi connectivity index (χ1v) is 6.09. The van der Waals surface area contributed by atoms with Gasteiger partial charge < -0.3 is 10.7 Å². The number of hydrogen-bond donors (Lipinski definition) is 2. The smallest absolute Gasteiger partial charge is 0.281 e. The van der Waals surface area contributed by atoms with Crippen molar-refractivity contribution < 1.29 is 4.79 Å². The zero-order valence-electron chi connectivity index (χ0n) is 11.3. The Morgan fingerprint density at radius 3 is 2.52 bits per heavy atom. The average Bonchev–Trinajstić information content (AvgIpc) is 2.47. The fraction of sp³-hybridized carbons (Fsp3) is 0.0714. The maximum absolute atomic E-state index is 11.2. The van der Waals surface area contributed by atoms with Gasteiger partial charge in [0.15, 0.2) is 11.3 Å². The summed E-state index contributed by atoms with van der Waals surface area (Å²) in [4.78, 5) is 35.5. The Balaban J connectivity index is 0.000000194. The number of benzene rings is 1. The molecule has 7 nitrogen and oxygen atoms in total. The monoisotopic (exact) mass is 283 g/mol. The number of H-pyrrole nitrogens is 1. The van der Waals surface area contributed by atoms with Crippen molar-refractivity contribution in [1.29, 1.82) is 0 Å². The third kappa shape index (κ3) is 3.69. The summed E-state index contributed by atoms with van der Waals surface area (Å²) in [5.74, 6) is -0.878. The molecule has 0 spiro atoms. The van der Waals surface area contributed by atoms with Crippen LogP contribution in [0, 0.1) is 6.92 Å². The maximum Gasteiger partial charge on any atom is 0.281 e. The summed E-state index contributed by atoms with van der Waals surface area (Å²) in [5.41, 5.74) is 5.87. The zero-order valence-corrected chi connectivity index (χ0v) is 11.3. The fourth-order valence-electron chi connectivity index (χ4n) is 1.54. The molecule has 1 aromatic carbocycles. The Hall–Kier alpha value is -3.09. The Morgan fingerprint density at radius 1 is 1.24 bits per heavy atom. The molecule has 3 N–H and O–H groups in total. The second-order valence-electron chi connectivity index (χ2n) is 4.19. The van der Waals surface area contributed by atoms with E-state index in [4.69, 9.17) is 5.73 Å². The number of nitrogens with zero attached hydrogens (tertiary/aromatic N) is 3. The van der Waals surface area contributed by atoms with Gasteiger partial charge in [0, 0.05) is 0 Å². The zero-order chi connectivity index (χ0) is 15.2. The van der Waals surface area contributed by atoms with Crippen molar-refractivity contribution >= 4 is 17.1 Å². The largest absolute Gasteiger partial charge is 0.364 e. The summed E-state index contributed by atoms with van der Waals surface area (Å²) >= 11 is 0. The van der Waals surface area contributed by atoms with Crippen LogP contribution >= 0.6 is 0 Å². The van der Waals surface area contributed by atoms with E-state index in [0.717, 1.165) is 0 Å². The molecular formula is C14H13N5O2. The van der Waals surface area contributed by atoms with Crippen LogP contribution in [0.5, 0.6) is 0 Å². The lowest BCUT2D eigenvalue weighted by atomic mass is 10.2. The van der Waals surface area contributed by atoms with Gasteiger partial charge in [0.2, 0.25) is 0 Å². The number of nitrogens with two attached hydrogens (primary N) is 1. The molecule has 0 aliphatic carbocycles. The highest BCUT2D eigenvalue weighted by atomic mass is 16.2. The second kappa shape index (κ2) is 6.38. The molecule has 0 bridgehead atoms. The van der Waals surface area contributed by atoms with Crippen LogP contribution in [0.4, 0.5) is 0 Å². The van der Waals surface area contributed by atoms with E-state index in [1.807, 2.05) is 18.2 Å². The number of carbonyl (C=O) groups excluding carboxylic acids is 1. The fourth-order valence-corrected chi connectivity index (χ4v) is 1.54.